The zero-order valence-electron chi connectivity index (χ0n) is 12.8. The van der Waals surface area contributed by atoms with Crippen LogP contribution in [0.4, 0.5) is 0 Å². The standard InChI is InChI=1S/C16H19N3OS/c1-11(13-7-5-12(9-17)6-8-13)21-10-14-18-19-15(20-14)16(2,3)4/h5-8,11H,10H2,1-4H3/t11-/m1/s1. The van der Waals surface area contributed by atoms with Crippen LogP contribution in [0.15, 0.2) is 28.7 Å². The van der Waals surface area contributed by atoms with Crippen LogP contribution in [0.2, 0.25) is 0 Å². The minimum atomic E-state index is -0.116. The lowest BCUT2D eigenvalue weighted by Crippen LogP contribution is -2.11. The van der Waals surface area contributed by atoms with Crippen LogP contribution in [0, 0.1) is 11.3 Å². The van der Waals surface area contributed by atoms with Gasteiger partial charge in [0.2, 0.25) is 11.8 Å². The molecule has 0 aliphatic carbocycles. The summed E-state index contributed by atoms with van der Waals surface area (Å²) in [6.07, 6.45) is 0. The van der Waals surface area contributed by atoms with Gasteiger partial charge in [0.15, 0.2) is 0 Å². The molecule has 1 aromatic carbocycles. The van der Waals surface area contributed by atoms with Crippen molar-refractivity contribution < 1.29 is 4.42 Å². The molecule has 2 rings (SSSR count). The Bertz CT molecular complexity index is 635. The maximum absolute atomic E-state index is 8.80. The first kappa shape index (κ1) is 15.6. The van der Waals surface area contributed by atoms with Gasteiger partial charge < -0.3 is 4.42 Å². The molecule has 110 valence electrons. The SMILES string of the molecule is C[C@@H](SCc1nnc(C(C)(C)C)o1)c1ccc(C#N)cc1. The molecule has 4 nitrogen and oxygen atoms in total. The second kappa shape index (κ2) is 6.31. The molecule has 0 fully saturated rings. The Hall–Kier alpha value is -1.80. The Morgan fingerprint density at radius 1 is 1.24 bits per heavy atom. The van der Waals surface area contributed by atoms with Gasteiger partial charge in [0.1, 0.15) is 0 Å². The highest BCUT2D eigenvalue weighted by Gasteiger charge is 2.21. The van der Waals surface area contributed by atoms with Crippen molar-refractivity contribution in [3.8, 4) is 6.07 Å². The van der Waals surface area contributed by atoms with E-state index >= 15 is 0 Å². The highest BCUT2D eigenvalue weighted by molar-refractivity contribution is 7.98. The van der Waals surface area contributed by atoms with E-state index in [4.69, 9.17) is 9.68 Å². The fraction of sp³-hybridized carbons (Fsp3) is 0.438. The van der Waals surface area contributed by atoms with Gasteiger partial charge in [-0.15, -0.1) is 22.0 Å². The van der Waals surface area contributed by atoms with Gasteiger partial charge in [0.25, 0.3) is 0 Å². The number of hydrogen-bond donors (Lipinski definition) is 0. The summed E-state index contributed by atoms with van der Waals surface area (Å²) in [6.45, 7) is 8.29. The molecular formula is C16H19N3OS. The maximum atomic E-state index is 8.80. The first-order chi connectivity index (χ1) is 9.90. The van der Waals surface area contributed by atoms with E-state index in [1.807, 2.05) is 24.3 Å². The molecule has 0 saturated heterocycles. The maximum Gasteiger partial charge on any atom is 0.226 e. The van der Waals surface area contributed by atoms with Crippen LogP contribution in [0.3, 0.4) is 0 Å². The van der Waals surface area contributed by atoms with Crippen molar-refractivity contribution in [1.29, 1.82) is 5.26 Å². The van der Waals surface area contributed by atoms with Gasteiger partial charge in [-0.3, -0.25) is 0 Å². The van der Waals surface area contributed by atoms with Gasteiger partial charge >= 0.3 is 0 Å². The highest BCUT2D eigenvalue weighted by atomic mass is 32.2. The summed E-state index contributed by atoms with van der Waals surface area (Å²) < 4.78 is 5.68. The van der Waals surface area contributed by atoms with Crippen LogP contribution >= 0.6 is 11.8 Å². The van der Waals surface area contributed by atoms with Crippen LogP contribution in [0.1, 0.15) is 55.9 Å². The molecule has 0 aliphatic heterocycles. The van der Waals surface area contributed by atoms with Crippen LogP contribution in [0.5, 0.6) is 0 Å². The van der Waals surface area contributed by atoms with Gasteiger partial charge in [-0.25, -0.2) is 0 Å². The van der Waals surface area contributed by atoms with Crippen molar-refractivity contribution in [3.63, 3.8) is 0 Å². The summed E-state index contributed by atoms with van der Waals surface area (Å²) in [5.41, 5.74) is 1.76. The molecular weight excluding hydrogens is 282 g/mol. The number of benzene rings is 1. The van der Waals surface area contributed by atoms with Crippen LogP contribution < -0.4 is 0 Å². The average molecular weight is 301 g/mol. The minimum absolute atomic E-state index is 0.116. The third-order valence-electron chi connectivity index (χ3n) is 3.07. The zero-order chi connectivity index (χ0) is 15.5. The van der Waals surface area contributed by atoms with E-state index in [1.54, 1.807) is 11.8 Å². The highest BCUT2D eigenvalue weighted by Crippen LogP contribution is 2.31. The van der Waals surface area contributed by atoms with Crippen LogP contribution in [-0.4, -0.2) is 10.2 Å². The first-order valence-electron chi connectivity index (χ1n) is 6.84. The quantitative estimate of drug-likeness (QED) is 0.845. The Morgan fingerprint density at radius 2 is 1.90 bits per heavy atom. The molecule has 1 atom stereocenters. The molecule has 2 aromatic rings. The molecule has 5 heteroatoms. The number of nitriles is 1. The Labute approximate surface area is 129 Å². The number of nitrogens with zero attached hydrogens (tertiary/aromatic N) is 3. The number of hydrogen-bond acceptors (Lipinski definition) is 5. The molecule has 1 aromatic heterocycles. The molecule has 1 heterocycles. The Balaban J connectivity index is 1.96. The number of aromatic nitrogens is 2. The van der Waals surface area contributed by atoms with E-state index in [-0.39, 0.29) is 5.41 Å². The molecule has 0 bridgehead atoms. The van der Waals surface area contributed by atoms with Crippen molar-refractivity contribution >= 4 is 11.8 Å². The second-order valence-corrected chi connectivity index (χ2v) is 7.27. The van der Waals surface area contributed by atoms with E-state index in [2.05, 4.69) is 44.0 Å². The van der Waals surface area contributed by atoms with Crippen molar-refractivity contribution in [1.82, 2.24) is 10.2 Å². The summed E-state index contributed by atoms with van der Waals surface area (Å²) >= 11 is 1.74. The summed E-state index contributed by atoms with van der Waals surface area (Å²) in [4.78, 5) is 0. The average Bonchev–Trinajstić information content (AvgIpc) is 2.94. The normalized spacial score (nSPS) is 12.9. The summed E-state index contributed by atoms with van der Waals surface area (Å²) in [5, 5.41) is 17.3. The smallest absolute Gasteiger partial charge is 0.226 e. The van der Waals surface area contributed by atoms with E-state index in [0.29, 0.717) is 28.3 Å². The third kappa shape index (κ3) is 4.08. The fourth-order valence-electron chi connectivity index (χ4n) is 1.74. The van der Waals surface area contributed by atoms with Gasteiger partial charge in [-0.2, -0.15) is 5.26 Å². The zero-order valence-corrected chi connectivity index (χ0v) is 13.6. The second-order valence-electron chi connectivity index (χ2n) is 5.94. The third-order valence-corrected chi connectivity index (χ3v) is 4.26. The Kier molecular flexibility index (Phi) is 4.69. The van der Waals surface area contributed by atoms with Crippen LogP contribution in [-0.2, 0) is 11.2 Å². The molecule has 0 saturated carbocycles. The Morgan fingerprint density at radius 3 is 2.43 bits per heavy atom. The van der Waals surface area contributed by atoms with Gasteiger partial charge in [0, 0.05) is 10.7 Å². The number of thioether (sulfide) groups is 1. The molecule has 0 unspecified atom stereocenters. The first-order valence-corrected chi connectivity index (χ1v) is 7.89. The van der Waals surface area contributed by atoms with E-state index in [0.717, 1.165) is 0 Å². The van der Waals surface area contributed by atoms with E-state index in [1.165, 1.54) is 5.56 Å². The molecule has 21 heavy (non-hydrogen) atoms. The van der Waals surface area contributed by atoms with Crippen molar-refractivity contribution in [3.05, 3.63) is 47.2 Å². The largest absolute Gasteiger partial charge is 0.424 e. The van der Waals surface area contributed by atoms with Gasteiger partial charge in [0.05, 0.1) is 17.4 Å². The monoisotopic (exact) mass is 301 g/mol. The predicted molar refractivity (Wildman–Crippen MR) is 83.9 cm³/mol. The lowest BCUT2D eigenvalue weighted by atomic mass is 9.97. The minimum Gasteiger partial charge on any atom is -0.424 e. The predicted octanol–water partition coefficient (Wildman–Crippen LogP) is 4.23. The van der Waals surface area contributed by atoms with E-state index < -0.39 is 0 Å². The lowest BCUT2D eigenvalue weighted by Gasteiger charge is -2.11. The molecule has 0 amide bonds. The lowest BCUT2D eigenvalue weighted by molar-refractivity contribution is 0.378. The number of rotatable bonds is 4. The summed E-state index contributed by atoms with van der Waals surface area (Å²) in [6, 6.07) is 9.80. The van der Waals surface area contributed by atoms with Crippen molar-refractivity contribution in [2.45, 2.75) is 44.1 Å². The molecule has 0 spiro atoms. The topological polar surface area (TPSA) is 62.7 Å². The van der Waals surface area contributed by atoms with E-state index in [9.17, 15) is 0 Å². The van der Waals surface area contributed by atoms with Crippen molar-refractivity contribution in [2.75, 3.05) is 0 Å². The van der Waals surface area contributed by atoms with Gasteiger partial charge in [-0.1, -0.05) is 32.9 Å². The van der Waals surface area contributed by atoms with Crippen molar-refractivity contribution in [2.24, 2.45) is 0 Å². The molecule has 0 N–H and O–H groups in total. The summed E-state index contributed by atoms with van der Waals surface area (Å²) in [5.74, 6) is 2.01. The fourth-order valence-corrected chi connectivity index (χ4v) is 2.60. The molecule has 0 radical (unpaired) electrons. The van der Waals surface area contributed by atoms with Crippen LogP contribution in [0.25, 0.3) is 0 Å². The summed E-state index contributed by atoms with van der Waals surface area (Å²) in [7, 11) is 0. The molecule has 0 aliphatic rings. The van der Waals surface area contributed by atoms with Gasteiger partial charge in [-0.05, 0) is 24.6 Å².